The van der Waals surface area contributed by atoms with E-state index in [2.05, 4.69) is 4.74 Å². The molecule has 1 atom stereocenters. The van der Waals surface area contributed by atoms with Gasteiger partial charge < -0.3 is 14.2 Å². The molecule has 0 bridgehead atoms. The third-order valence-corrected chi connectivity index (χ3v) is 4.66. The first-order valence-electron chi connectivity index (χ1n) is 8.44. The first kappa shape index (κ1) is 19.2. The van der Waals surface area contributed by atoms with E-state index >= 15 is 0 Å². The number of carbonyl (C=O) groups excluding carboxylic acids is 2. The summed E-state index contributed by atoms with van der Waals surface area (Å²) in [4.78, 5) is 23.7. The lowest BCUT2D eigenvalue weighted by Gasteiger charge is -2.25. The first-order valence-corrected chi connectivity index (χ1v) is 8.82. The van der Waals surface area contributed by atoms with Gasteiger partial charge in [-0.05, 0) is 36.8 Å². The zero-order valence-electron chi connectivity index (χ0n) is 14.7. The molecule has 3 rings (SSSR count). The van der Waals surface area contributed by atoms with Crippen molar-refractivity contribution in [2.24, 2.45) is 0 Å². The molecule has 1 aliphatic rings. The van der Waals surface area contributed by atoms with Gasteiger partial charge in [-0.1, -0.05) is 17.7 Å². The summed E-state index contributed by atoms with van der Waals surface area (Å²) < 4.78 is 29.8. The van der Waals surface area contributed by atoms with Crippen molar-refractivity contribution in [3.63, 3.8) is 0 Å². The van der Waals surface area contributed by atoms with Gasteiger partial charge in [-0.15, -0.1) is 0 Å². The normalized spacial score (nSPS) is 15.7. The standard InChI is InChI=1S/C20H18ClFO5/c1-25-20(24)8-6-13-10-18(23)14-9-12(5-7-19(14)27-13)26-11-15-16(21)3-2-4-17(15)22/h2-5,7,9,13H,6,8,10-11H2,1H3. The molecule has 0 saturated heterocycles. The van der Waals surface area contributed by atoms with Crippen molar-refractivity contribution in [1.29, 1.82) is 0 Å². The van der Waals surface area contributed by atoms with Crippen molar-refractivity contribution < 1.29 is 28.2 Å². The van der Waals surface area contributed by atoms with Crippen LogP contribution in [0.5, 0.6) is 11.5 Å². The molecule has 1 aliphatic heterocycles. The van der Waals surface area contributed by atoms with Crippen molar-refractivity contribution in [2.75, 3.05) is 7.11 Å². The fourth-order valence-electron chi connectivity index (χ4n) is 2.83. The van der Waals surface area contributed by atoms with Gasteiger partial charge in [0.15, 0.2) is 5.78 Å². The summed E-state index contributed by atoms with van der Waals surface area (Å²) in [7, 11) is 1.32. The molecule has 0 aliphatic carbocycles. The van der Waals surface area contributed by atoms with Crippen molar-refractivity contribution in [3.8, 4) is 11.5 Å². The van der Waals surface area contributed by atoms with Gasteiger partial charge in [-0.25, -0.2) is 4.39 Å². The molecule has 1 heterocycles. The third-order valence-electron chi connectivity index (χ3n) is 4.30. The summed E-state index contributed by atoms with van der Waals surface area (Å²) in [6, 6.07) is 9.26. The Labute approximate surface area is 161 Å². The van der Waals surface area contributed by atoms with Crippen LogP contribution in [0.3, 0.4) is 0 Å². The average molecular weight is 393 g/mol. The van der Waals surface area contributed by atoms with Crippen molar-refractivity contribution in [3.05, 3.63) is 58.4 Å². The molecule has 5 nitrogen and oxygen atoms in total. The predicted octanol–water partition coefficient (Wildman–Crippen LogP) is 4.35. The van der Waals surface area contributed by atoms with Gasteiger partial charge in [-0.3, -0.25) is 9.59 Å². The van der Waals surface area contributed by atoms with Crippen LogP contribution in [0, 0.1) is 5.82 Å². The lowest BCUT2D eigenvalue weighted by atomic mass is 9.98. The minimum absolute atomic E-state index is 0.0545. The molecule has 1 unspecified atom stereocenters. The van der Waals surface area contributed by atoms with Crippen LogP contribution in [0.1, 0.15) is 35.2 Å². The van der Waals surface area contributed by atoms with Crippen LogP contribution in [0.25, 0.3) is 0 Å². The van der Waals surface area contributed by atoms with Crippen molar-refractivity contribution in [1.82, 2.24) is 0 Å². The monoisotopic (exact) mass is 392 g/mol. The van der Waals surface area contributed by atoms with Crippen molar-refractivity contribution in [2.45, 2.75) is 32.0 Å². The maximum Gasteiger partial charge on any atom is 0.305 e. The molecule has 0 N–H and O–H groups in total. The van der Waals surface area contributed by atoms with Crippen LogP contribution in [0.2, 0.25) is 5.02 Å². The van der Waals surface area contributed by atoms with Gasteiger partial charge in [0.1, 0.15) is 30.0 Å². The maximum atomic E-state index is 13.8. The first-order chi connectivity index (χ1) is 13.0. The number of halogens is 2. The van der Waals surface area contributed by atoms with Gasteiger partial charge in [-0.2, -0.15) is 0 Å². The molecule has 0 radical (unpaired) electrons. The number of ketones is 1. The number of ether oxygens (including phenoxy) is 3. The molecule has 0 spiro atoms. The van der Waals surface area contributed by atoms with Crippen molar-refractivity contribution >= 4 is 23.4 Å². The van der Waals surface area contributed by atoms with E-state index in [9.17, 15) is 14.0 Å². The SMILES string of the molecule is COC(=O)CCC1CC(=O)c2cc(OCc3c(F)cccc3Cl)ccc2O1. The number of fused-ring (bicyclic) bond motifs is 1. The molecule has 2 aromatic rings. The number of benzene rings is 2. The van der Waals surface area contributed by atoms with Gasteiger partial charge in [0, 0.05) is 18.4 Å². The molecular formula is C20H18ClFO5. The minimum Gasteiger partial charge on any atom is -0.489 e. The van der Waals surface area contributed by atoms with Crippen LogP contribution >= 0.6 is 11.6 Å². The van der Waals surface area contributed by atoms with Gasteiger partial charge in [0.2, 0.25) is 0 Å². The van der Waals surface area contributed by atoms with Crippen LogP contribution < -0.4 is 9.47 Å². The molecule has 27 heavy (non-hydrogen) atoms. The third kappa shape index (κ3) is 4.57. The number of hydrogen-bond donors (Lipinski definition) is 0. The van der Waals surface area contributed by atoms with Crippen LogP contribution in [-0.4, -0.2) is 25.0 Å². The fourth-order valence-corrected chi connectivity index (χ4v) is 3.04. The van der Waals surface area contributed by atoms with Gasteiger partial charge in [0.25, 0.3) is 0 Å². The Kier molecular flexibility index (Phi) is 5.96. The van der Waals surface area contributed by atoms with E-state index in [1.807, 2.05) is 0 Å². The van der Waals surface area contributed by atoms with E-state index in [4.69, 9.17) is 21.1 Å². The zero-order valence-corrected chi connectivity index (χ0v) is 15.4. The second kappa shape index (κ2) is 8.39. The van der Waals surface area contributed by atoms with E-state index in [1.54, 1.807) is 24.3 Å². The highest BCUT2D eigenvalue weighted by Gasteiger charge is 2.27. The summed E-state index contributed by atoms with van der Waals surface area (Å²) in [5.74, 6) is -0.0309. The second-order valence-corrected chi connectivity index (χ2v) is 6.54. The molecule has 0 fully saturated rings. The Bertz CT molecular complexity index is 847. The number of Topliss-reactive ketones (excluding diaryl/α,β-unsaturated/α-hetero) is 1. The van der Waals surface area contributed by atoms with E-state index in [-0.39, 0.29) is 47.9 Å². The van der Waals surface area contributed by atoms with Crippen LogP contribution in [0.15, 0.2) is 36.4 Å². The number of rotatable bonds is 6. The van der Waals surface area contributed by atoms with Gasteiger partial charge in [0.05, 0.1) is 17.7 Å². The quantitative estimate of drug-likeness (QED) is 0.684. The van der Waals surface area contributed by atoms with E-state index in [1.165, 1.54) is 19.2 Å². The molecular weight excluding hydrogens is 375 g/mol. The number of carbonyl (C=O) groups is 2. The lowest BCUT2D eigenvalue weighted by molar-refractivity contribution is -0.141. The summed E-state index contributed by atoms with van der Waals surface area (Å²) in [6.45, 7) is -0.0545. The topological polar surface area (TPSA) is 61.8 Å². The highest BCUT2D eigenvalue weighted by Crippen LogP contribution is 2.33. The highest BCUT2D eigenvalue weighted by atomic mass is 35.5. The summed E-state index contributed by atoms with van der Waals surface area (Å²) in [5.41, 5.74) is 0.656. The molecule has 0 saturated carbocycles. The number of methoxy groups -OCH3 is 1. The number of hydrogen-bond acceptors (Lipinski definition) is 5. The fraction of sp³-hybridized carbons (Fsp3) is 0.300. The summed E-state index contributed by atoms with van der Waals surface area (Å²) in [6.07, 6.45) is 0.399. The zero-order chi connectivity index (χ0) is 19.4. The van der Waals surface area contributed by atoms with E-state index in [0.717, 1.165) is 0 Å². The summed E-state index contributed by atoms with van der Waals surface area (Å²) in [5, 5.41) is 0.279. The second-order valence-electron chi connectivity index (χ2n) is 6.13. The Morgan fingerprint density at radius 1 is 1.33 bits per heavy atom. The lowest BCUT2D eigenvalue weighted by Crippen LogP contribution is -2.27. The minimum atomic E-state index is -0.451. The maximum absolute atomic E-state index is 13.8. The Morgan fingerprint density at radius 2 is 2.15 bits per heavy atom. The highest BCUT2D eigenvalue weighted by molar-refractivity contribution is 6.31. The Morgan fingerprint density at radius 3 is 2.89 bits per heavy atom. The molecule has 0 amide bonds. The largest absolute Gasteiger partial charge is 0.489 e. The Balaban J connectivity index is 1.68. The molecule has 142 valence electrons. The van der Waals surface area contributed by atoms with E-state index < -0.39 is 5.82 Å². The smallest absolute Gasteiger partial charge is 0.305 e. The molecule has 0 aromatic heterocycles. The Hall–Kier alpha value is -2.60. The number of esters is 1. The summed E-state index contributed by atoms with van der Waals surface area (Å²) >= 11 is 5.99. The van der Waals surface area contributed by atoms with Gasteiger partial charge >= 0.3 is 5.97 Å². The molecule has 7 heteroatoms. The average Bonchev–Trinajstić information content (AvgIpc) is 2.66. The van der Waals surface area contributed by atoms with E-state index in [0.29, 0.717) is 23.5 Å². The predicted molar refractivity (Wildman–Crippen MR) is 96.8 cm³/mol. The van der Waals surface area contributed by atoms with Crippen LogP contribution in [-0.2, 0) is 16.1 Å². The van der Waals surface area contributed by atoms with Crippen LogP contribution in [0.4, 0.5) is 4.39 Å². The molecule has 2 aromatic carbocycles.